The Hall–Kier alpha value is -3.60. The third-order valence-electron chi connectivity index (χ3n) is 7.14. The normalized spacial score (nSPS) is 12.2. The molecule has 0 amide bonds. The number of hydrogen-bond acceptors (Lipinski definition) is 4. The number of rotatable bonds is 4. The minimum absolute atomic E-state index is 0.0976. The Bertz CT molecular complexity index is 1660. The van der Waals surface area contributed by atoms with Crippen LogP contribution < -0.4 is 0 Å². The first kappa shape index (κ1) is 26.6. The van der Waals surface area contributed by atoms with Crippen molar-refractivity contribution in [2.24, 2.45) is 0 Å². The predicted octanol–water partition coefficient (Wildman–Crippen LogP) is 11.0. The summed E-state index contributed by atoms with van der Waals surface area (Å²) in [6.07, 6.45) is 0. The number of fused-ring (bicyclic) bond motifs is 1. The fraction of sp³-hybridized carbons (Fsp3) is 0.222. The van der Waals surface area contributed by atoms with Crippen molar-refractivity contribution in [3.63, 3.8) is 0 Å². The van der Waals surface area contributed by atoms with E-state index in [0.717, 1.165) is 44.7 Å². The highest BCUT2D eigenvalue weighted by atomic mass is 32.1. The summed E-state index contributed by atoms with van der Waals surface area (Å²) in [5, 5.41) is 0. The summed E-state index contributed by atoms with van der Waals surface area (Å²) in [6.45, 7) is 13.6. The molecule has 0 bridgehead atoms. The Labute approximate surface area is 245 Å². The van der Waals surface area contributed by atoms with Crippen LogP contribution in [0.4, 0.5) is 0 Å². The monoisotopic (exact) mass is 558 g/mol. The van der Waals surface area contributed by atoms with E-state index >= 15 is 0 Å². The highest BCUT2D eigenvalue weighted by molar-refractivity contribution is 7.16. The van der Waals surface area contributed by atoms with Gasteiger partial charge in [-0.05, 0) is 35.1 Å². The molecule has 0 fully saturated rings. The molecule has 0 spiro atoms. The summed E-state index contributed by atoms with van der Waals surface area (Å²) in [6, 6.07) is 34.4. The molecule has 2 nitrogen and oxygen atoms in total. The van der Waals surface area contributed by atoms with E-state index in [1.54, 1.807) is 0 Å². The van der Waals surface area contributed by atoms with Gasteiger partial charge < -0.3 is 0 Å². The maximum atomic E-state index is 5.46. The third kappa shape index (κ3) is 5.02. The molecule has 0 unspecified atom stereocenters. The zero-order chi connectivity index (χ0) is 28.1. The summed E-state index contributed by atoms with van der Waals surface area (Å²) in [5.74, 6) is 0. The van der Waals surface area contributed by atoms with Gasteiger partial charge in [-0.1, -0.05) is 114 Å². The fourth-order valence-corrected chi connectivity index (χ4v) is 7.08. The van der Waals surface area contributed by atoms with Crippen LogP contribution in [0, 0.1) is 0 Å². The average Bonchev–Trinajstić information content (AvgIpc) is 3.64. The van der Waals surface area contributed by atoms with Gasteiger partial charge in [0.2, 0.25) is 0 Å². The molecule has 0 saturated carbocycles. The van der Waals surface area contributed by atoms with E-state index in [9.17, 15) is 0 Å². The lowest BCUT2D eigenvalue weighted by molar-refractivity contribution is 0.603. The molecule has 0 saturated heterocycles. The lowest BCUT2D eigenvalue weighted by Crippen LogP contribution is -2.07. The molecule has 3 aromatic heterocycles. The van der Waals surface area contributed by atoms with Gasteiger partial charge in [0.25, 0.3) is 0 Å². The summed E-state index contributed by atoms with van der Waals surface area (Å²) in [7, 11) is 0. The SMILES string of the molecule is CC(C)(C)c1ccc(-c2ccc(-c3ccc(C(C)(C)C)s3)c3nc(-c4ccccc4)c(-c4ccccc4)nc23)s1. The van der Waals surface area contributed by atoms with Crippen LogP contribution in [0.5, 0.6) is 0 Å². The van der Waals surface area contributed by atoms with E-state index in [1.807, 2.05) is 34.8 Å². The van der Waals surface area contributed by atoms with E-state index < -0.39 is 0 Å². The molecule has 6 rings (SSSR count). The quantitative estimate of drug-likeness (QED) is 0.215. The van der Waals surface area contributed by atoms with Crippen molar-refractivity contribution in [2.45, 2.75) is 52.4 Å². The molecular formula is C36H34N2S2. The van der Waals surface area contributed by atoms with Crippen molar-refractivity contribution < 1.29 is 0 Å². The second-order valence-corrected chi connectivity index (χ2v) is 14.5. The molecule has 0 atom stereocenters. The van der Waals surface area contributed by atoms with Crippen LogP contribution in [-0.4, -0.2) is 9.97 Å². The fourth-order valence-electron chi connectivity index (χ4n) is 4.90. The lowest BCUT2D eigenvalue weighted by Gasteiger charge is -2.16. The molecule has 0 N–H and O–H groups in total. The topological polar surface area (TPSA) is 25.8 Å². The van der Waals surface area contributed by atoms with Gasteiger partial charge in [-0.2, -0.15) is 0 Å². The Morgan fingerprint density at radius 1 is 0.450 bits per heavy atom. The van der Waals surface area contributed by atoms with Gasteiger partial charge in [0.1, 0.15) is 0 Å². The van der Waals surface area contributed by atoms with Crippen molar-refractivity contribution in [3.8, 4) is 43.4 Å². The van der Waals surface area contributed by atoms with Crippen LogP contribution >= 0.6 is 22.7 Å². The zero-order valence-corrected chi connectivity index (χ0v) is 25.6. The van der Waals surface area contributed by atoms with Gasteiger partial charge in [0.05, 0.1) is 22.4 Å². The molecule has 0 radical (unpaired) electrons. The summed E-state index contributed by atoms with van der Waals surface area (Å²) in [4.78, 5) is 16.1. The molecule has 3 aromatic carbocycles. The van der Waals surface area contributed by atoms with Crippen molar-refractivity contribution in [1.29, 1.82) is 0 Å². The highest BCUT2D eigenvalue weighted by Gasteiger charge is 2.23. The maximum absolute atomic E-state index is 5.46. The van der Waals surface area contributed by atoms with E-state index in [-0.39, 0.29) is 10.8 Å². The highest BCUT2D eigenvalue weighted by Crippen LogP contribution is 2.44. The van der Waals surface area contributed by atoms with E-state index in [0.29, 0.717) is 0 Å². The maximum Gasteiger partial charge on any atom is 0.0988 e. The van der Waals surface area contributed by atoms with Crippen LogP contribution in [0.3, 0.4) is 0 Å². The second kappa shape index (κ2) is 10.1. The van der Waals surface area contributed by atoms with Crippen molar-refractivity contribution in [2.75, 3.05) is 0 Å². The summed E-state index contributed by atoms with van der Waals surface area (Å²) in [5.41, 5.74) is 8.32. The first-order chi connectivity index (χ1) is 19.1. The summed E-state index contributed by atoms with van der Waals surface area (Å²) < 4.78 is 0. The molecular weight excluding hydrogens is 525 g/mol. The van der Waals surface area contributed by atoms with Gasteiger partial charge in [-0.25, -0.2) is 9.97 Å². The summed E-state index contributed by atoms with van der Waals surface area (Å²) >= 11 is 3.71. The predicted molar refractivity (Wildman–Crippen MR) is 174 cm³/mol. The molecule has 200 valence electrons. The van der Waals surface area contributed by atoms with Gasteiger partial charge >= 0.3 is 0 Å². The van der Waals surface area contributed by atoms with Crippen LogP contribution in [0.2, 0.25) is 0 Å². The molecule has 40 heavy (non-hydrogen) atoms. The number of benzene rings is 3. The number of hydrogen-bond donors (Lipinski definition) is 0. The van der Waals surface area contributed by atoms with Crippen LogP contribution in [0.15, 0.2) is 97.1 Å². The molecule has 3 heterocycles. The van der Waals surface area contributed by atoms with Gasteiger partial charge in [0.15, 0.2) is 0 Å². The minimum atomic E-state index is 0.0976. The second-order valence-electron chi connectivity index (χ2n) is 12.3. The first-order valence-corrected chi connectivity index (χ1v) is 15.4. The van der Waals surface area contributed by atoms with E-state index in [2.05, 4.69) is 126 Å². The van der Waals surface area contributed by atoms with Crippen LogP contribution in [0.1, 0.15) is 51.3 Å². The Kier molecular flexibility index (Phi) is 6.72. The molecule has 6 aromatic rings. The smallest absolute Gasteiger partial charge is 0.0988 e. The first-order valence-electron chi connectivity index (χ1n) is 13.8. The Morgan fingerprint density at radius 2 is 0.825 bits per heavy atom. The van der Waals surface area contributed by atoms with Crippen LogP contribution in [0.25, 0.3) is 54.4 Å². The molecule has 4 heteroatoms. The number of aromatic nitrogens is 2. The van der Waals surface area contributed by atoms with Gasteiger partial charge in [0, 0.05) is 41.8 Å². The van der Waals surface area contributed by atoms with Crippen LogP contribution in [-0.2, 0) is 10.8 Å². The van der Waals surface area contributed by atoms with Crippen molar-refractivity contribution in [3.05, 3.63) is 107 Å². The Balaban J connectivity index is 1.68. The molecule has 0 aliphatic heterocycles. The average molecular weight is 559 g/mol. The minimum Gasteiger partial charge on any atom is -0.243 e. The number of thiophene rings is 2. The largest absolute Gasteiger partial charge is 0.243 e. The van der Waals surface area contributed by atoms with Crippen molar-refractivity contribution >= 4 is 33.7 Å². The van der Waals surface area contributed by atoms with Gasteiger partial charge in [-0.15, -0.1) is 22.7 Å². The Morgan fingerprint density at radius 3 is 1.15 bits per heavy atom. The standard InChI is InChI=1S/C36H34N2S2/c1-35(2,3)29-21-19-27(39-29)25-17-18-26(28-20-22-30(40-28)36(4,5)6)34-33(25)37-31(23-13-9-7-10-14-23)32(38-34)24-15-11-8-12-16-24/h7-22H,1-6H3. The van der Waals surface area contributed by atoms with Gasteiger partial charge in [-0.3, -0.25) is 0 Å². The van der Waals surface area contributed by atoms with E-state index in [1.165, 1.54) is 19.5 Å². The zero-order valence-electron chi connectivity index (χ0n) is 23.9. The van der Waals surface area contributed by atoms with E-state index in [4.69, 9.17) is 9.97 Å². The number of nitrogens with zero attached hydrogens (tertiary/aromatic N) is 2. The molecule has 0 aliphatic rings. The lowest BCUT2D eigenvalue weighted by atomic mass is 9.95. The molecule has 0 aliphatic carbocycles. The third-order valence-corrected chi connectivity index (χ3v) is 10.2. The van der Waals surface area contributed by atoms with Crippen molar-refractivity contribution in [1.82, 2.24) is 9.97 Å².